The number of aliphatic hydroxyl groups is 1. The standard InChI is InChI=1S/C16H19F3O4/c1-2-22-15(21)13(11-20)9-12-5-3-6-14(10-12)23-8-4-7-16(17,18)19/h3,5-6,10-11,20H,2,4,7-9H2,1H3/b13-11+. The van der Waals surface area contributed by atoms with E-state index in [1.807, 2.05) is 0 Å². The molecule has 1 aromatic rings. The molecule has 0 unspecified atom stereocenters. The molecular weight excluding hydrogens is 313 g/mol. The van der Waals surface area contributed by atoms with Gasteiger partial charge in [0.05, 0.1) is 25.0 Å². The van der Waals surface area contributed by atoms with Gasteiger partial charge >= 0.3 is 12.1 Å². The van der Waals surface area contributed by atoms with Gasteiger partial charge in [-0.2, -0.15) is 13.2 Å². The normalized spacial score (nSPS) is 12.1. The summed E-state index contributed by atoms with van der Waals surface area (Å²) in [5, 5.41) is 9.10. The number of alkyl halides is 3. The highest BCUT2D eigenvalue weighted by Crippen LogP contribution is 2.22. The molecule has 0 spiro atoms. The van der Waals surface area contributed by atoms with Gasteiger partial charge in [0.2, 0.25) is 0 Å². The SMILES string of the molecule is CCOC(=O)/C(=C/O)Cc1cccc(OCCCC(F)(F)F)c1. The fraction of sp³-hybridized carbons (Fsp3) is 0.438. The third kappa shape index (κ3) is 7.58. The van der Waals surface area contributed by atoms with Crippen LogP contribution in [-0.4, -0.2) is 30.5 Å². The Morgan fingerprint density at radius 3 is 2.70 bits per heavy atom. The van der Waals surface area contributed by atoms with Crippen LogP contribution >= 0.6 is 0 Å². The molecule has 1 rings (SSSR count). The van der Waals surface area contributed by atoms with Crippen molar-refractivity contribution in [2.45, 2.75) is 32.4 Å². The molecule has 128 valence electrons. The Morgan fingerprint density at radius 1 is 1.35 bits per heavy atom. The molecule has 0 bridgehead atoms. The number of benzene rings is 1. The van der Waals surface area contributed by atoms with Gasteiger partial charge in [0, 0.05) is 12.8 Å². The van der Waals surface area contributed by atoms with E-state index >= 15 is 0 Å². The van der Waals surface area contributed by atoms with E-state index in [1.165, 1.54) is 0 Å². The van der Waals surface area contributed by atoms with Crippen molar-refractivity contribution < 1.29 is 32.5 Å². The zero-order valence-corrected chi connectivity index (χ0v) is 12.7. The predicted octanol–water partition coefficient (Wildman–Crippen LogP) is 3.96. The molecule has 0 fully saturated rings. The summed E-state index contributed by atoms with van der Waals surface area (Å²) < 4.78 is 46.2. The minimum absolute atomic E-state index is 0.0520. The van der Waals surface area contributed by atoms with Crippen LogP contribution in [0.25, 0.3) is 0 Å². The highest BCUT2D eigenvalue weighted by atomic mass is 19.4. The average molecular weight is 332 g/mol. The van der Waals surface area contributed by atoms with Crippen LogP contribution in [0, 0.1) is 0 Å². The molecule has 0 aliphatic carbocycles. The van der Waals surface area contributed by atoms with Crippen molar-refractivity contribution in [1.82, 2.24) is 0 Å². The van der Waals surface area contributed by atoms with Gasteiger partial charge in [-0.25, -0.2) is 4.79 Å². The molecule has 0 radical (unpaired) electrons. The molecule has 0 amide bonds. The average Bonchev–Trinajstić information content (AvgIpc) is 2.49. The molecule has 0 saturated heterocycles. The summed E-state index contributed by atoms with van der Waals surface area (Å²) in [6, 6.07) is 6.60. The van der Waals surface area contributed by atoms with Crippen molar-refractivity contribution in [1.29, 1.82) is 0 Å². The van der Waals surface area contributed by atoms with Gasteiger partial charge in [-0.1, -0.05) is 12.1 Å². The maximum Gasteiger partial charge on any atom is 0.389 e. The molecule has 1 N–H and O–H groups in total. The third-order valence-electron chi connectivity index (χ3n) is 2.86. The van der Waals surface area contributed by atoms with E-state index in [0.717, 1.165) is 0 Å². The van der Waals surface area contributed by atoms with Crippen molar-refractivity contribution in [3.05, 3.63) is 41.7 Å². The number of halogens is 3. The maximum atomic E-state index is 12.0. The van der Waals surface area contributed by atoms with Crippen LogP contribution < -0.4 is 4.74 Å². The van der Waals surface area contributed by atoms with Crippen molar-refractivity contribution in [3.8, 4) is 5.75 Å². The van der Waals surface area contributed by atoms with E-state index in [0.29, 0.717) is 17.6 Å². The van der Waals surface area contributed by atoms with Gasteiger partial charge in [0.15, 0.2) is 0 Å². The number of hydrogen-bond donors (Lipinski definition) is 1. The number of aliphatic hydroxyl groups excluding tert-OH is 1. The molecule has 0 heterocycles. The van der Waals surface area contributed by atoms with E-state index in [-0.39, 0.29) is 31.6 Å². The summed E-state index contributed by atoms with van der Waals surface area (Å²) in [6.45, 7) is 1.80. The maximum absolute atomic E-state index is 12.0. The number of carbonyl (C=O) groups is 1. The first-order chi connectivity index (χ1) is 10.9. The minimum Gasteiger partial charge on any atom is -0.515 e. The second-order valence-corrected chi connectivity index (χ2v) is 4.77. The lowest BCUT2D eigenvalue weighted by Gasteiger charge is -2.10. The molecule has 4 nitrogen and oxygen atoms in total. The van der Waals surface area contributed by atoms with Gasteiger partial charge in [-0.05, 0) is 31.0 Å². The fourth-order valence-electron chi connectivity index (χ4n) is 1.82. The van der Waals surface area contributed by atoms with Gasteiger partial charge in [0.1, 0.15) is 5.75 Å². The number of esters is 1. The Balaban J connectivity index is 2.57. The monoisotopic (exact) mass is 332 g/mol. The Hall–Kier alpha value is -2.18. The molecule has 0 saturated carbocycles. The molecule has 0 aliphatic heterocycles. The van der Waals surface area contributed by atoms with Crippen molar-refractivity contribution >= 4 is 5.97 Å². The molecule has 23 heavy (non-hydrogen) atoms. The molecule has 0 aromatic heterocycles. The fourth-order valence-corrected chi connectivity index (χ4v) is 1.82. The quantitative estimate of drug-likeness (QED) is 0.339. The van der Waals surface area contributed by atoms with Gasteiger partial charge < -0.3 is 14.6 Å². The number of ether oxygens (including phenoxy) is 2. The molecule has 0 aliphatic rings. The van der Waals surface area contributed by atoms with E-state index in [1.54, 1.807) is 31.2 Å². The number of hydrogen-bond acceptors (Lipinski definition) is 4. The topological polar surface area (TPSA) is 55.8 Å². The Morgan fingerprint density at radius 2 is 2.09 bits per heavy atom. The summed E-state index contributed by atoms with van der Waals surface area (Å²) in [6.07, 6.45) is -4.39. The third-order valence-corrected chi connectivity index (χ3v) is 2.86. The van der Waals surface area contributed by atoms with Crippen molar-refractivity contribution in [3.63, 3.8) is 0 Å². The summed E-state index contributed by atoms with van der Waals surface area (Å²) >= 11 is 0. The Bertz CT molecular complexity index is 538. The number of rotatable bonds is 8. The summed E-state index contributed by atoms with van der Waals surface area (Å²) in [5.41, 5.74) is 0.757. The van der Waals surface area contributed by atoms with Gasteiger partial charge in [-0.3, -0.25) is 0 Å². The van der Waals surface area contributed by atoms with Gasteiger partial charge in [-0.15, -0.1) is 0 Å². The van der Waals surface area contributed by atoms with Crippen LogP contribution in [-0.2, 0) is 16.0 Å². The molecule has 0 atom stereocenters. The largest absolute Gasteiger partial charge is 0.515 e. The first kappa shape index (κ1) is 18.9. The second kappa shape index (κ2) is 9.07. The van der Waals surface area contributed by atoms with E-state index < -0.39 is 18.6 Å². The van der Waals surface area contributed by atoms with Crippen molar-refractivity contribution in [2.24, 2.45) is 0 Å². The van der Waals surface area contributed by atoms with Crippen molar-refractivity contribution in [2.75, 3.05) is 13.2 Å². The Labute approximate surface area is 132 Å². The summed E-state index contributed by atoms with van der Waals surface area (Å²) in [4.78, 5) is 11.6. The number of carbonyl (C=O) groups excluding carboxylic acids is 1. The highest BCUT2D eigenvalue weighted by Gasteiger charge is 2.26. The zero-order chi connectivity index (χ0) is 17.3. The predicted molar refractivity (Wildman–Crippen MR) is 78.3 cm³/mol. The van der Waals surface area contributed by atoms with Crippen LogP contribution in [0.2, 0.25) is 0 Å². The van der Waals surface area contributed by atoms with Gasteiger partial charge in [0.25, 0.3) is 0 Å². The first-order valence-electron chi connectivity index (χ1n) is 7.14. The lowest BCUT2D eigenvalue weighted by molar-refractivity contribution is -0.139. The lowest BCUT2D eigenvalue weighted by atomic mass is 10.1. The lowest BCUT2D eigenvalue weighted by Crippen LogP contribution is -2.10. The van der Waals surface area contributed by atoms with Crippen LogP contribution in [0.5, 0.6) is 5.75 Å². The van der Waals surface area contributed by atoms with E-state index in [9.17, 15) is 18.0 Å². The minimum atomic E-state index is -4.19. The molecule has 1 aromatic carbocycles. The molecule has 7 heteroatoms. The summed E-state index contributed by atoms with van der Waals surface area (Å²) in [5.74, 6) is -0.211. The summed E-state index contributed by atoms with van der Waals surface area (Å²) in [7, 11) is 0. The second-order valence-electron chi connectivity index (χ2n) is 4.77. The highest BCUT2D eigenvalue weighted by molar-refractivity contribution is 5.88. The van der Waals surface area contributed by atoms with E-state index in [2.05, 4.69) is 0 Å². The van der Waals surface area contributed by atoms with Crippen LogP contribution in [0.1, 0.15) is 25.3 Å². The first-order valence-corrected chi connectivity index (χ1v) is 7.14. The van der Waals surface area contributed by atoms with Crippen LogP contribution in [0.4, 0.5) is 13.2 Å². The molecular formula is C16H19F3O4. The van der Waals surface area contributed by atoms with Crippen LogP contribution in [0.15, 0.2) is 36.1 Å². The van der Waals surface area contributed by atoms with Crippen LogP contribution in [0.3, 0.4) is 0 Å². The smallest absolute Gasteiger partial charge is 0.389 e. The van der Waals surface area contributed by atoms with E-state index in [4.69, 9.17) is 14.6 Å². The zero-order valence-electron chi connectivity index (χ0n) is 12.7. The Kier molecular flexibility index (Phi) is 7.44.